The van der Waals surface area contributed by atoms with Crippen LogP contribution in [0.4, 0.5) is 0 Å². The molecular formula is C12H12N6OS. The van der Waals surface area contributed by atoms with Gasteiger partial charge in [0.2, 0.25) is 4.96 Å². The monoisotopic (exact) mass is 288 g/mol. The van der Waals surface area contributed by atoms with Gasteiger partial charge in [-0.25, -0.2) is 0 Å². The molecule has 3 aromatic rings. The molecule has 0 aromatic carbocycles. The highest BCUT2D eigenvalue weighted by Gasteiger charge is 2.09. The van der Waals surface area contributed by atoms with E-state index in [2.05, 4.69) is 25.6 Å². The lowest BCUT2D eigenvalue weighted by molar-refractivity contribution is 0.0954. The van der Waals surface area contributed by atoms with Crippen LogP contribution in [-0.4, -0.2) is 37.2 Å². The molecule has 0 aliphatic carbocycles. The first-order chi connectivity index (χ1) is 9.74. The third-order valence-electron chi connectivity index (χ3n) is 2.76. The second kappa shape index (κ2) is 5.33. The number of aryl methyl sites for hydroxylation is 1. The topological polar surface area (TPSA) is 85.1 Å². The van der Waals surface area contributed by atoms with Crippen molar-refractivity contribution in [3.63, 3.8) is 0 Å². The molecule has 0 saturated carbocycles. The van der Waals surface area contributed by atoms with Gasteiger partial charge in [-0.1, -0.05) is 11.3 Å². The van der Waals surface area contributed by atoms with Crippen LogP contribution in [0.5, 0.6) is 0 Å². The number of carbonyl (C=O) groups excluding carboxylic acids is 1. The summed E-state index contributed by atoms with van der Waals surface area (Å²) in [6.45, 7) is 2.39. The van der Waals surface area contributed by atoms with E-state index in [0.29, 0.717) is 18.5 Å². The zero-order valence-corrected chi connectivity index (χ0v) is 11.6. The lowest BCUT2D eigenvalue weighted by Crippen LogP contribution is -2.25. The normalized spacial score (nSPS) is 10.8. The zero-order chi connectivity index (χ0) is 13.9. The number of carbonyl (C=O) groups is 1. The quantitative estimate of drug-likeness (QED) is 0.769. The third-order valence-corrected chi connectivity index (χ3v) is 3.71. The second-order valence-electron chi connectivity index (χ2n) is 4.18. The number of aromatic nitrogens is 5. The van der Waals surface area contributed by atoms with Crippen LogP contribution in [0.25, 0.3) is 4.96 Å². The Morgan fingerprint density at radius 1 is 1.35 bits per heavy atom. The van der Waals surface area contributed by atoms with Gasteiger partial charge in [0, 0.05) is 30.9 Å². The molecule has 0 radical (unpaired) electrons. The van der Waals surface area contributed by atoms with Gasteiger partial charge in [-0.15, -0.1) is 10.2 Å². The van der Waals surface area contributed by atoms with Crippen LogP contribution < -0.4 is 5.32 Å². The molecule has 7 nitrogen and oxygen atoms in total. The van der Waals surface area contributed by atoms with E-state index in [4.69, 9.17) is 0 Å². The van der Waals surface area contributed by atoms with E-state index in [0.717, 1.165) is 15.8 Å². The molecule has 0 fully saturated rings. The highest BCUT2D eigenvalue weighted by molar-refractivity contribution is 7.16. The lowest BCUT2D eigenvalue weighted by atomic mass is 10.2. The zero-order valence-electron chi connectivity index (χ0n) is 10.8. The van der Waals surface area contributed by atoms with Gasteiger partial charge in [0.1, 0.15) is 5.01 Å². The molecule has 3 rings (SSSR count). The summed E-state index contributed by atoms with van der Waals surface area (Å²) in [5.74, 6) is 0.662. The van der Waals surface area contributed by atoms with Gasteiger partial charge < -0.3 is 5.32 Å². The molecule has 1 N–H and O–H groups in total. The highest BCUT2D eigenvalue weighted by Crippen LogP contribution is 2.13. The van der Waals surface area contributed by atoms with Crippen molar-refractivity contribution in [3.05, 3.63) is 40.9 Å². The number of nitrogens with zero attached hydrogens (tertiary/aromatic N) is 5. The van der Waals surface area contributed by atoms with E-state index >= 15 is 0 Å². The van der Waals surface area contributed by atoms with Gasteiger partial charge in [-0.05, 0) is 19.1 Å². The molecule has 0 atom stereocenters. The molecule has 3 heterocycles. The maximum absolute atomic E-state index is 11.8. The molecule has 0 saturated heterocycles. The molecule has 0 unspecified atom stereocenters. The van der Waals surface area contributed by atoms with Crippen LogP contribution in [-0.2, 0) is 6.42 Å². The number of rotatable bonds is 4. The Morgan fingerprint density at radius 2 is 2.15 bits per heavy atom. The number of hydrogen-bond donors (Lipinski definition) is 1. The predicted molar refractivity (Wildman–Crippen MR) is 73.7 cm³/mol. The third kappa shape index (κ3) is 2.50. The fraction of sp³-hybridized carbons (Fsp3) is 0.250. The maximum Gasteiger partial charge on any atom is 0.251 e. The van der Waals surface area contributed by atoms with E-state index < -0.39 is 0 Å². The SMILES string of the molecule is Cc1nnc2sc(CCNC(=O)c3ccncc3)nn12. The van der Waals surface area contributed by atoms with E-state index in [1.54, 1.807) is 29.0 Å². The molecule has 0 spiro atoms. The molecule has 0 aliphatic heterocycles. The number of pyridine rings is 1. The summed E-state index contributed by atoms with van der Waals surface area (Å²) in [6, 6.07) is 3.36. The van der Waals surface area contributed by atoms with Crippen molar-refractivity contribution in [1.29, 1.82) is 0 Å². The van der Waals surface area contributed by atoms with Crippen molar-refractivity contribution < 1.29 is 4.79 Å². The van der Waals surface area contributed by atoms with Gasteiger partial charge in [0.15, 0.2) is 5.82 Å². The van der Waals surface area contributed by atoms with Crippen LogP contribution in [0.1, 0.15) is 21.2 Å². The summed E-state index contributed by atoms with van der Waals surface area (Å²) in [6.07, 6.45) is 3.87. The van der Waals surface area contributed by atoms with E-state index in [9.17, 15) is 4.79 Å². The van der Waals surface area contributed by atoms with Crippen molar-refractivity contribution in [3.8, 4) is 0 Å². The minimum absolute atomic E-state index is 0.105. The average Bonchev–Trinajstić information content (AvgIpc) is 3.02. The Morgan fingerprint density at radius 3 is 2.90 bits per heavy atom. The van der Waals surface area contributed by atoms with E-state index in [1.807, 2.05) is 6.92 Å². The Kier molecular flexibility index (Phi) is 3.38. The summed E-state index contributed by atoms with van der Waals surface area (Å²) in [4.78, 5) is 16.5. The van der Waals surface area contributed by atoms with Crippen molar-refractivity contribution in [2.45, 2.75) is 13.3 Å². The molecule has 20 heavy (non-hydrogen) atoms. The summed E-state index contributed by atoms with van der Waals surface area (Å²) < 4.78 is 1.71. The molecule has 1 amide bonds. The average molecular weight is 288 g/mol. The molecule has 8 heteroatoms. The second-order valence-corrected chi connectivity index (χ2v) is 5.22. The van der Waals surface area contributed by atoms with Crippen molar-refractivity contribution in [2.75, 3.05) is 6.54 Å². The summed E-state index contributed by atoms with van der Waals surface area (Å²) in [5.41, 5.74) is 0.606. The Balaban J connectivity index is 1.58. The minimum atomic E-state index is -0.105. The lowest BCUT2D eigenvalue weighted by Gasteiger charge is -2.02. The largest absolute Gasteiger partial charge is 0.352 e. The van der Waals surface area contributed by atoms with Crippen molar-refractivity contribution >= 4 is 22.2 Å². The summed E-state index contributed by atoms with van der Waals surface area (Å²) in [5, 5.41) is 16.1. The number of nitrogens with one attached hydrogen (secondary N) is 1. The first-order valence-electron chi connectivity index (χ1n) is 6.10. The fourth-order valence-corrected chi connectivity index (χ4v) is 2.62. The van der Waals surface area contributed by atoms with Crippen LogP contribution in [0.15, 0.2) is 24.5 Å². The van der Waals surface area contributed by atoms with Crippen LogP contribution in [0.3, 0.4) is 0 Å². The first-order valence-corrected chi connectivity index (χ1v) is 6.91. The molecule has 0 bridgehead atoms. The standard InChI is InChI=1S/C12H12N6OS/c1-8-15-16-12-18(8)17-10(20-12)4-7-14-11(19)9-2-5-13-6-3-9/h2-3,5-6H,4,7H2,1H3,(H,14,19). The van der Waals surface area contributed by atoms with Gasteiger partial charge >= 0.3 is 0 Å². The van der Waals surface area contributed by atoms with Crippen LogP contribution in [0.2, 0.25) is 0 Å². The number of hydrogen-bond acceptors (Lipinski definition) is 6. The smallest absolute Gasteiger partial charge is 0.251 e. The van der Waals surface area contributed by atoms with Gasteiger partial charge in [-0.3, -0.25) is 9.78 Å². The van der Waals surface area contributed by atoms with Gasteiger partial charge in [0.05, 0.1) is 0 Å². The van der Waals surface area contributed by atoms with E-state index in [1.165, 1.54) is 11.3 Å². The minimum Gasteiger partial charge on any atom is -0.352 e. The Bertz CT molecular complexity index is 735. The first kappa shape index (κ1) is 12.7. The summed E-state index contributed by atoms with van der Waals surface area (Å²) >= 11 is 1.48. The van der Waals surface area contributed by atoms with Gasteiger partial charge in [0.25, 0.3) is 5.91 Å². The fourth-order valence-electron chi connectivity index (χ4n) is 1.74. The van der Waals surface area contributed by atoms with E-state index in [-0.39, 0.29) is 5.91 Å². The number of amides is 1. The highest BCUT2D eigenvalue weighted by atomic mass is 32.1. The summed E-state index contributed by atoms with van der Waals surface area (Å²) in [7, 11) is 0. The maximum atomic E-state index is 11.8. The van der Waals surface area contributed by atoms with Crippen LogP contribution in [0, 0.1) is 6.92 Å². The Labute approximate surface area is 118 Å². The molecular weight excluding hydrogens is 276 g/mol. The number of fused-ring (bicyclic) bond motifs is 1. The van der Waals surface area contributed by atoms with Crippen molar-refractivity contribution in [1.82, 2.24) is 30.1 Å². The molecule has 102 valence electrons. The van der Waals surface area contributed by atoms with Gasteiger partial charge in [-0.2, -0.15) is 9.61 Å². The van der Waals surface area contributed by atoms with Crippen molar-refractivity contribution in [2.24, 2.45) is 0 Å². The Hall–Kier alpha value is -2.35. The molecule has 0 aliphatic rings. The van der Waals surface area contributed by atoms with Crippen LogP contribution >= 0.6 is 11.3 Å². The predicted octanol–water partition coefficient (Wildman–Crippen LogP) is 0.862. The molecule has 3 aromatic heterocycles.